The van der Waals surface area contributed by atoms with Crippen LogP contribution in [0.5, 0.6) is 0 Å². The first-order valence-corrected chi connectivity index (χ1v) is 9.65. The van der Waals surface area contributed by atoms with Crippen LogP contribution in [0.2, 0.25) is 0 Å². The van der Waals surface area contributed by atoms with Crippen molar-refractivity contribution < 1.29 is 8.42 Å². The number of aromatic nitrogens is 1. The van der Waals surface area contributed by atoms with E-state index >= 15 is 0 Å². The van der Waals surface area contributed by atoms with Crippen molar-refractivity contribution in [1.29, 1.82) is 0 Å². The molecule has 0 saturated heterocycles. The van der Waals surface area contributed by atoms with E-state index in [-0.39, 0.29) is 17.4 Å². The summed E-state index contributed by atoms with van der Waals surface area (Å²) in [6.07, 6.45) is 6.12. The molecule has 0 bridgehead atoms. The highest BCUT2D eigenvalue weighted by molar-refractivity contribution is 7.90. The summed E-state index contributed by atoms with van der Waals surface area (Å²) in [5.41, 5.74) is 9.93. The van der Waals surface area contributed by atoms with E-state index < -0.39 is 9.84 Å². The zero-order valence-electron chi connectivity index (χ0n) is 13.5. The molecular formula is C17H20N4O2S. The summed E-state index contributed by atoms with van der Waals surface area (Å²) in [6.45, 7) is 0.104. The quantitative estimate of drug-likeness (QED) is 0.652. The third-order valence-electron chi connectivity index (χ3n) is 4.02. The van der Waals surface area contributed by atoms with E-state index in [1.54, 1.807) is 12.3 Å². The fourth-order valence-electron chi connectivity index (χ4n) is 2.88. The van der Waals surface area contributed by atoms with Gasteiger partial charge in [0, 0.05) is 18.1 Å². The Hall–Kier alpha value is -2.41. The Morgan fingerprint density at radius 1 is 1.29 bits per heavy atom. The lowest BCUT2D eigenvalue weighted by molar-refractivity contribution is 0.600. The van der Waals surface area contributed by atoms with Gasteiger partial charge in [-0.3, -0.25) is 4.98 Å². The lowest BCUT2D eigenvalue weighted by Gasteiger charge is -2.08. The SMILES string of the molecule is CS(=O)(=O)c1cccnc1CN=C(N)Nc1ccc2c(c1)CCC2. The third-order valence-corrected chi connectivity index (χ3v) is 5.19. The Bertz CT molecular complexity index is 891. The maximum absolute atomic E-state index is 11.8. The van der Waals surface area contributed by atoms with Crippen LogP contribution >= 0.6 is 0 Å². The molecule has 126 valence electrons. The van der Waals surface area contributed by atoms with Crippen molar-refractivity contribution in [3.8, 4) is 0 Å². The highest BCUT2D eigenvalue weighted by Crippen LogP contribution is 2.24. The van der Waals surface area contributed by atoms with Gasteiger partial charge in [0.05, 0.1) is 17.1 Å². The van der Waals surface area contributed by atoms with Gasteiger partial charge in [-0.15, -0.1) is 0 Å². The lowest BCUT2D eigenvalue weighted by atomic mass is 10.1. The largest absolute Gasteiger partial charge is 0.370 e. The number of fused-ring (bicyclic) bond motifs is 1. The molecule has 24 heavy (non-hydrogen) atoms. The second kappa shape index (κ2) is 6.60. The summed E-state index contributed by atoms with van der Waals surface area (Å²) < 4.78 is 23.5. The van der Waals surface area contributed by atoms with Crippen molar-refractivity contribution in [2.24, 2.45) is 10.7 Å². The minimum Gasteiger partial charge on any atom is -0.370 e. The van der Waals surface area contributed by atoms with Gasteiger partial charge in [0.15, 0.2) is 15.8 Å². The van der Waals surface area contributed by atoms with Crippen molar-refractivity contribution in [2.75, 3.05) is 11.6 Å². The molecule has 7 heteroatoms. The van der Waals surface area contributed by atoms with Crippen LogP contribution in [0.3, 0.4) is 0 Å². The molecule has 1 aliphatic carbocycles. The number of benzene rings is 1. The minimum absolute atomic E-state index is 0.104. The van der Waals surface area contributed by atoms with Gasteiger partial charge >= 0.3 is 0 Å². The third kappa shape index (κ3) is 3.73. The maximum Gasteiger partial charge on any atom is 0.193 e. The average Bonchev–Trinajstić information content (AvgIpc) is 3.00. The number of aryl methyl sites for hydroxylation is 2. The molecule has 0 radical (unpaired) electrons. The maximum atomic E-state index is 11.8. The zero-order valence-corrected chi connectivity index (χ0v) is 14.3. The number of aliphatic imine (C=N–C) groups is 1. The Labute approximate surface area is 141 Å². The Kier molecular flexibility index (Phi) is 4.53. The van der Waals surface area contributed by atoms with Crippen LogP contribution in [0.4, 0.5) is 5.69 Å². The minimum atomic E-state index is -3.34. The summed E-state index contributed by atoms with van der Waals surface area (Å²) in [5.74, 6) is 0.234. The Balaban J connectivity index is 1.74. The smallest absolute Gasteiger partial charge is 0.193 e. The lowest BCUT2D eigenvalue weighted by Crippen LogP contribution is -2.23. The molecule has 0 spiro atoms. The van der Waals surface area contributed by atoms with Gasteiger partial charge < -0.3 is 11.1 Å². The summed E-state index contributed by atoms with van der Waals surface area (Å²) >= 11 is 0. The molecule has 1 aromatic heterocycles. The van der Waals surface area contributed by atoms with Crippen molar-refractivity contribution in [3.63, 3.8) is 0 Å². The van der Waals surface area contributed by atoms with Crippen LogP contribution in [-0.4, -0.2) is 25.6 Å². The van der Waals surface area contributed by atoms with Crippen LogP contribution < -0.4 is 11.1 Å². The summed E-state index contributed by atoms with van der Waals surface area (Å²) in [4.78, 5) is 8.50. The predicted octanol–water partition coefficient (Wildman–Crippen LogP) is 1.90. The monoisotopic (exact) mass is 344 g/mol. The van der Waals surface area contributed by atoms with E-state index in [2.05, 4.69) is 27.4 Å². The molecule has 6 nitrogen and oxygen atoms in total. The highest BCUT2D eigenvalue weighted by atomic mass is 32.2. The van der Waals surface area contributed by atoms with Crippen LogP contribution in [0.25, 0.3) is 0 Å². The molecule has 1 aromatic carbocycles. The summed E-state index contributed by atoms with van der Waals surface area (Å²) in [6, 6.07) is 9.30. The van der Waals surface area contributed by atoms with Crippen molar-refractivity contribution in [2.45, 2.75) is 30.7 Å². The molecule has 3 rings (SSSR count). The first-order valence-electron chi connectivity index (χ1n) is 7.76. The molecule has 1 aliphatic rings. The fourth-order valence-corrected chi connectivity index (χ4v) is 3.75. The van der Waals surface area contributed by atoms with Crippen molar-refractivity contribution in [1.82, 2.24) is 4.98 Å². The number of hydrogen-bond acceptors (Lipinski definition) is 4. The number of hydrogen-bond donors (Lipinski definition) is 2. The number of nitrogens with two attached hydrogens (primary N) is 1. The normalized spacial score (nSPS) is 14.5. The number of nitrogens with zero attached hydrogens (tertiary/aromatic N) is 2. The second-order valence-corrected chi connectivity index (χ2v) is 7.87. The van der Waals surface area contributed by atoms with Crippen molar-refractivity contribution in [3.05, 3.63) is 53.3 Å². The highest BCUT2D eigenvalue weighted by Gasteiger charge is 2.14. The van der Waals surface area contributed by atoms with E-state index in [9.17, 15) is 8.42 Å². The van der Waals surface area contributed by atoms with Gasteiger partial charge in [0.2, 0.25) is 0 Å². The molecule has 0 aliphatic heterocycles. The molecular weight excluding hydrogens is 324 g/mol. The number of anilines is 1. The number of rotatable bonds is 4. The molecule has 0 fully saturated rings. The van der Waals surface area contributed by atoms with Gasteiger partial charge in [-0.1, -0.05) is 6.07 Å². The van der Waals surface area contributed by atoms with Crippen LogP contribution in [0.1, 0.15) is 23.2 Å². The van der Waals surface area contributed by atoms with E-state index in [1.165, 1.54) is 23.6 Å². The molecule has 0 amide bonds. The van der Waals surface area contributed by atoms with Gasteiger partial charge in [0.25, 0.3) is 0 Å². The predicted molar refractivity (Wildman–Crippen MR) is 94.8 cm³/mol. The van der Waals surface area contributed by atoms with E-state index in [4.69, 9.17) is 5.73 Å². The number of guanidine groups is 1. The average molecular weight is 344 g/mol. The molecule has 0 atom stereocenters. The van der Waals surface area contributed by atoms with Gasteiger partial charge in [0.1, 0.15) is 0 Å². The first kappa shape index (κ1) is 16.4. The summed E-state index contributed by atoms with van der Waals surface area (Å²) in [7, 11) is -3.34. The molecule has 3 N–H and O–H groups in total. The molecule has 0 saturated carbocycles. The topological polar surface area (TPSA) is 97.4 Å². The van der Waals surface area contributed by atoms with Crippen molar-refractivity contribution >= 4 is 21.5 Å². The fraction of sp³-hybridized carbons (Fsp3) is 0.294. The van der Waals surface area contributed by atoms with Crippen LogP contribution in [0, 0.1) is 0 Å². The first-order chi connectivity index (χ1) is 11.4. The van der Waals surface area contributed by atoms with E-state index in [1.807, 2.05) is 6.07 Å². The van der Waals surface area contributed by atoms with Crippen LogP contribution in [-0.2, 0) is 29.2 Å². The second-order valence-electron chi connectivity index (χ2n) is 5.88. The number of pyridine rings is 1. The van der Waals surface area contributed by atoms with Gasteiger partial charge in [-0.05, 0) is 54.7 Å². The summed E-state index contributed by atoms with van der Waals surface area (Å²) in [5, 5.41) is 3.05. The van der Waals surface area contributed by atoms with E-state index in [0.717, 1.165) is 24.8 Å². The molecule has 1 heterocycles. The Morgan fingerprint density at radius 3 is 2.88 bits per heavy atom. The van der Waals surface area contributed by atoms with Crippen LogP contribution in [0.15, 0.2) is 46.4 Å². The number of nitrogens with one attached hydrogen (secondary N) is 1. The zero-order chi connectivity index (χ0) is 17.2. The molecule has 2 aromatic rings. The van der Waals surface area contributed by atoms with E-state index in [0.29, 0.717) is 5.69 Å². The standard InChI is InChI=1S/C17H20N4O2S/c1-24(22,23)16-6-3-9-19-15(16)11-20-17(18)21-14-8-7-12-4-2-5-13(12)10-14/h3,6-10H,2,4-5,11H2,1H3,(H3,18,20,21). The molecule has 0 unspecified atom stereocenters. The Morgan fingerprint density at radius 2 is 2.08 bits per heavy atom. The van der Waals surface area contributed by atoms with Gasteiger partial charge in [-0.25, -0.2) is 13.4 Å². The number of sulfone groups is 1. The van der Waals surface area contributed by atoms with Gasteiger partial charge in [-0.2, -0.15) is 0 Å².